The van der Waals surface area contributed by atoms with Crippen LogP contribution in [0.1, 0.15) is 64.0 Å². The summed E-state index contributed by atoms with van der Waals surface area (Å²) in [7, 11) is 3.69. The quantitative estimate of drug-likeness (QED) is 0.115. The van der Waals surface area contributed by atoms with E-state index in [0.717, 1.165) is 36.9 Å². The van der Waals surface area contributed by atoms with Crippen LogP contribution in [0.15, 0.2) is 17.1 Å². The fourth-order valence-corrected chi connectivity index (χ4v) is 7.81. The third kappa shape index (κ3) is 7.74. The molecule has 1 spiro atoms. The van der Waals surface area contributed by atoms with Crippen molar-refractivity contribution in [3.8, 4) is 11.5 Å². The van der Waals surface area contributed by atoms with E-state index in [9.17, 15) is 24.0 Å². The lowest BCUT2D eigenvalue weighted by molar-refractivity contribution is -0.138. The van der Waals surface area contributed by atoms with Gasteiger partial charge in [-0.15, -0.1) is 0 Å². The minimum Gasteiger partial charge on any atom is -0.477 e. The van der Waals surface area contributed by atoms with Crippen molar-refractivity contribution in [2.24, 2.45) is 22.4 Å². The second-order valence-corrected chi connectivity index (χ2v) is 14.6. The summed E-state index contributed by atoms with van der Waals surface area (Å²) in [5.41, 5.74) is 11.8. The van der Waals surface area contributed by atoms with Crippen molar-refractivity contribution >= 4 is 35.7 Å². The lowest BCUT2D eigenvalue weighted by Gasteiger charge is -2.57. The Bertz CT molecular complexity index is 1540. The molecule has 4 aliphatic rings. The Morgan fingerprint density at radius 2 is 1.96 bits per heavy atom. The average molecular weight is 699 g/mol. The largest absolute Gasteiger partial charge is 0.477 e. The van der Waals surface area contributed by atoms with Gasteiger partial charge in [0.25, 0.3) is 0 Å². The van der Waals surface area contributed by atoms with E-state index >= 15 is 0 Å². The molecule has 7 N–H and O–H groups in total. The predicted molar refractivity (Wildman–Crippen MR) is 183 cm³/mol. The molecular formula is C34H50N8O8. The molecule has 5 atom stereocenters. The number of carbonyl (C=O) groups is 5. The molecule has 0 aromatic heterocycles. The molecule has 2 heterocycles. The fraction of sp³-hybridized carbons (Fsp3) is 0.647. The molecule has 16 nitrogen and oxygen atoms in total. The van der Waals surface area contributed by atoms with E-state index < -0.39 is 53.7 Å². The Morgan fingerprint density at radius 3 is 2.68 bits per heavy atom. The number of hydrogen-bond donors (Lipinski definition) is 5. The summed E-state index contributed by atoms with van der Waals surface area (Å²) < 4.78 is 17.4. The summed E-state index contributed by atoms with van der Waals surface area (Å²) >= 11 is 0. The number of guanidine groups is 1. The van der Waals surface area contributed by atoms with Crippen LogP contribution in [0, 0.1) is 5.92 Å². The first-order valence-electron chi connectivity index (χ1n) is 17.2. The smallest absolute Gasteiger partial charge is 0.415 e. The Labute approximate surface area is 292 Å². The van der Waals surface area contributed by atoms with Gasteiger partial charge in [-0.2, -0.15) is 0 Å². The summed E-state index contributed by atoms with van der Waals surface area (Å²) in [6, 6.07) is 3.11. The fourth-order valence-electron chi connectivity index (χ4n) is 7.81. The number of amides is 4. The number of hydrogen-bond acceptors (Lipinski definition) is 10. The van der Waals surface area contributed by atoms with Crippen molar-refractivity contribution < 1.29 is 38.2 Å². The van der Waals surface area contributed by atoms with Crippen LogP contribution >= 0.6 is 0 Å². The lowest BCUT2D eigenvalue weighted by atomic mass is 9.52. The van der Waals surface area contributed by atoms with Crippen molar-refractivity contribution in [2.75, 3.05) is 46.8 Å². The van der Waals surface area contributed by atoms with E-state index in [4.69, 9.17) is 25.7 Å². The number of carbonyl (C=O) groups excluding carboxylic acids is 5. The Hall–Kier alpha value is -4.60. The molecule has 5 rings (SSSR count). The highest BCUT2D eigenvalue weighted by atomic mass is 16.6. The Balaban J connectivity index is 1.17. The normalized spacial score (nSPS) is 23.8. The van der Waals surface area contributed by atoms with Gasteiger partial charge in [-0.25, -0.2) is 9.59 Å². The highest BCUT2D eigenvalue weighted by Crippen LogP contribution is 2.63. The third-order valence-electron chi connectivity index (χ3n) is 10.0. The summed E-state index contributed by atoms with van der Waals surface area (Å²) in [6.45, 7) is 5.97. The topological polar surface area (TPSA) is 220 Å². The van der Waals surface area contributed by atoms with E-state index in [1.54, 1.807) is 33.9 Å². The van der Waals surface area contributed by atoms with Gasteiger partial charge >= 0.3 is 12.2 Å². The summed E-state index contributed by atoms with van der Waals surface area (Å²) in [5, 5.41) is 7.72. The minimum atomic E-state index is -0.958. The molecule has 2 aliphatic heterocycles. The van der Waals surface area contributed by atoms with Crippen LogP contribution in [0.4, 0.5) is 9.59 Å². The first kappa shape index (κ1) is 36.7. The van der Waals surface area contributed by atoms with E-state index in [2.05, 4.69) is 32.9 Å². The van der Waals surface area contributed by atoms with Crippen molar-refractivity contribution in [3.63, 3.8) is 0 Å². The number of likely N-dealkylation sites (N-methyl/N-ethyl adjacent to an activating group) is 2. The number of ether oxygens (including phenoxy) is 3. The van der Waals surface area contributed by atoms with Gasteiger partial charge in [-0.05, 0) is 84.0 Å². The monoisotopic (exact) mass is 698 g/mol. The first-order valence-corrected chi connectivity index (χ1v) is 17.2. The highest BCUT2D eigenvalue weighted by Gasteiger charge is 2.65. The van der Waals surface area contributed by atoms with Crippen LogP contribution in [0.5, 0.6) is 11.5 Å². The zero-order valence-electron chi connectivity index (χ0n) is 29.5. The molecular weight excluding hydrogens is 648 g/mol. The molecule has 0 radical (unpaired) electrons. The number of benzene rings is 1. The number of piperidine rings is 1. The molecule has 50 heavy (non-hydrogen) atoms. The molecule has 2 unspecified atom stereocenters. The SMILES string of the molecule is CN(CCNC(=O)[C@H](CCCN=C(N)N)NC(=O)CNC(=O)OC(C)(C)C)C(=O)Oc1ccc2c3c1OC1C(=O)CCC4[C@@H](C2)N(C)CC[C@]314. The molecule has 1 saturated carbocycles. The summed E-state index contributed by atoms with van der Waals surface area (Å²) in [4.78, 5) is 71.7. The maximum absolute atomic E-state index is 13.2. The van der Waals surface area contributed by atoms with Crippen LogP contribution in [0.25, 0.3) is 0 Å². The van der Waals surface area contributed by atoms with Gasteiger partial charge in [0, 0.05) is 50.1 Å². The number of Topliss-reactive ketones (excluding diaryl/α,β-unsaturated/α-hetero) is 1. The number of ketones is 1. The molecule has 2 fully saturated rings. The average Bonchev–Trinajstić information content (AvgIpc) is 3.40. The lowest BCUT2D eigenvalue weighted by Crippen LogP contribution is -2.65. The van der Waals surface area contributed by atoms with E-state index in [-0.39, 0.29) is 43.5 Å². The van der Waals surface area contributed by atoms with Crippen LogP contribution in [-0.2, 0) is 31.0 Å². The van der Waals surface area contributed by atoms with Crippen LogP contribution < -0.4 is 36.9 Å². The van der Waals surface area contributed by atoms with Gasteiger partial charge in [0.1, 0.15) is 18.2 Å². The molecule has 1 aromatic carbocycles. The zero-order chi connectivity index (χ0) is 36.4. The number of aliphatic imine (C=N–C) groups is 1. The van der Waals surface area contributed by atoms with E-state index in [0.29, 0.717) is 30.6 Å². The predicted octanol–water partition coefficient (Wildman–Crippen LogP) is 0.535. The van der Waals surface area contributed by atoms with Crippen molar-refractivity contribution in [2.45, 2.75) is 88.5 Å². The van der Waals surface area contributed by atoms with Gasteiger partial charge in [-0.1, -0.05) is 6.07 Å². The molecule has 16 heteroatoms. The Morgan fingerprint density at radius 1 is 1.20 bits per heavy atom. The number of alkyl carbamates (subject to hydrolysis) is 1. The maximum atomic E-state index is 13.2. The number of rotatable bonds is 12. The molecule has 2 bridgehead atoms. The Kier molecular flexibility index (Phi) is 10.8. The van der Waals surface area contributed by atoms with Crippen molar-refractivity contribution in [3.05, 3.63) is 23.3 Å². The zero-order valence-corrected chi connectivity index (χ0v) is 29.5. The second-order valence-electron chi connectivity index (χ2n) is 14.6. The number of nitrogens with one attached hydrogen (secondary N) is 3. The van der Waals surface area contributed by atoms with E-state index in [1.807, 2.05) is 6.07 Å². The van der Waals surface area contributed by atoms with Crippen LogP contribution in [0.2, 0.25) is 0 Å². The van der Waals surface area contributed by atoms with Crippen LogP contribution in [0.3, 0.4) is 0 Å². The van der Waals surface area contributed by atoms with Gasteiger partial charge < -0.3 is 51.4 Å². The second kappa shape index (κ2) is 14.7. The van der Waals surface area contributed by atoms with Gasteiger partial charge in [-0.3, -0.25) is 19.4 Å². The van der Waals surface area contributed by atoms with Crippen molar-refractivity contribution in [1.82, 2.24) is 25.8 Å². The maximum Gasteiger partial charge on any atom is 0.415 e. The number of nitrogens with zero attached hydrogens (tertiary/aromatic N) is 3. The number of likely N-dealkylation sites (tertiary alicyclic amines) is 1. The third-order valence-corrected chi connectivity index (χ3v) is 10.0. The summed E-state index contributed by atoms with van der Waals surface area (Å²) in [6.07, 6.45) is 1.60. The van der Waals surface area contributed by atoms with Gasteiger partial charge in [0.15, 0.2) is 29.3 Å². The summed E-state index contributed by atoms with van der Waals surface area (Å²) in [5.74, 6) is -0.00126. The highest BCUT2D eigenvalue weighted by molar-refractivity contribution is 5.90. The number of nitrogens with two attached hydrogens (primary N) is 2. The molecule has 1 saturated heterocycles. The van der Waals surface area contributed by atoms with Gasteiger partial charge in [0.05, 0.1) is 0 Å². The molecule has 2 aliphatic carbocycles. The molecule has 4 amide bonds. The first-order chi connectivity index (χ1) is 23.6. The molecule has 274 valence electrons. The van der Waals surface area contributed by atoms with E-state index in [1.165, 1.54) is 4.90 Å². The van der Waals surface area contributed by atoms with Crippen molar-refractivity contribution in [1.29, 1.82) is 0 Å². The molecule has 1 aromatic rings. The standard InChI is InChI=1S/C34H50N8O8/c1-33(2,3)50-31(46)39-18-25(44)40-21(7-6-13-38-30(35)36)29(45)37-14-16-42(5)32(47)48-24-11-8-19-17-22-20-9-10-23(43)28-34(20,12-15-41(22)4)26(19)27(24)49-28/h8,11,20-22,28H,6-7,9-10,12-18H2,1-5H3,(H,37,45)(H,39,46)(H,40,44)(H4,35,36,38)/t20?,21-,22+,28?,34-/m0/s1. The van der Waals surface area contributed by atoms with Crippen LogP contribution in [-0.4, -0.2) is 116 Å². The van der Waals surface area contributed by atoms with Gasteiger partial charge in [0.2, 0.25) is 11.8 Å². The minimum absolute atomic E-state index is 0.0602.